The highest BCUT2D eigenvalue weighted by molar-refractivity contribution is 5.74. The minimum Gasteiger partial charge on any atom is -0.505 e. The second-order valence-corrected chi connectivity index (χ2v) is 7.46. The molecule has 5 heteroatoms. The molecule has 0 aliphatic carbocycles. The first-order valence-corrected chi connectivity index (χ1v) is 10.5. The van der Waals surface area contributed by atoms with E-state index in [1.807, 2.05) is 31.2 Å². The molecule has 3 aromatic rings. The molecular formula is C23H31N3O2. The number of aromatic hydroxyl groups is 1. The molecule has 0 saturated carbocycles. The first-order chi connectivity index (χ1) is 13.7. The van der Waals surface area contributed by atoms with E-state index >= 15 is 0 Å². The Labute approximate surface area is 167 Å². The number of aryl methyl sites for hydroxylation is 1. The van der Waals surface area contributed by atoms with Gasteiger partial charge in [0.2, 0.25) is 0 Å². The zero-order valence-corrected chi connectivity index (χ0v) is 17.0. The first-order valence-electron chi connectivity index (χ1n) is 10.5. The maximum absolute atomic E-state index is 10.4. The monoisotopic (exact) mass is 381 g/mol. The number of benzene rings is 2. The molecule has 0 bridgehead atoms. The second-order valence-electron chi connectivity index (χ2n) is 7.46. The maximum atomic E-state index is 10.4. The molecular weight excluding hydrogens is 350 g/mol. The van der Waals surface area contributed by atoms with Crippen molar-refractivity contribution in [1.29, 1.82) is 0 Å². The number of nitrogens with zero attached hydrogens (tertiary/aromatic N) is 3. The summed E-state index contributed by atoms with van der Waals surface area (Å²) in [6.07, 6.45) is 10.2. The third kappa shape index (κ3) is 5.47. The van der Waals surface area contributed by atoms with E-state index in [1.165, 1.54) is 49.7 Å². The van der Waals surface area contributed by atoms with Gasteiger partial charge in [-0.05, 0) is 43.2 Å². The van der Waals surface area contributed by atoms with Crippen molar-refractivity contribution >= 4 is 11.0 Å². The Morgan fingerprint density at radius 2 is 1.57 bits per heavy atom. The summed E-state index contributed by atoms with van der Waals surface area (Å²) < 4.78 is 5.79. The molecule has 1 heterocycles. The maximum Gasteiger partial charge on any atom is 0.146 e. The minimum absolute atomic E-state index is 0.116. The standard InChI is InChI=1S/C23H31N3O2/c1-3-4-5-6-7-8-9-10-15-28-19-12-14-22(23(27)17-19)26-24-20-13-11-18(2)16-21(20)25-26/h11-14,16-17,27H,3-10,15H2,1-2H3. The lowest BCUT2D eigenvalue weighted by Crippen LogP contribution is -2.01. The van der Waals surface area contributed by atoms with Crippen molar-refractivity contribution < 1.29 is 9.84 Å². The molecule has 3 rings (SSSR count). The Bertz CT molecular complexity index is 889. The highest BCUT2D eigenvalue weighted by atomic mass is 16.5. The normalized spacial score (nSPS) is 11.2. The lowest BCUT2D eigenvalue weighted by molar-refractivity contribution is 0.302. The number of unbranched alkanes of at least 4 members (excludes halogenated alkanes) is 7. The molecule has 28 heavy (non-hydrogen) atoms. The van der Waals surface area contributed by atoms with Crippen molar-refractivity contribution in [3.8, 4) is 17.2 Å². The van der Waals surface area contributed by atoms with Gasteiger partial charge in [-0.1, -0.05) is 57.9 Å². The fraction of sp³-hybridized carbons (Fsp3) is 0.478. The molecule has 0 spiro atoms. The molecule has 0 amide bonds. The second kappa shape index (κ2) is 10.1. The van der Waals surface area contributed by atoms with E-state index in [1.54, 1.807) is 12.1 Å². The predicted octanol–water partition coefficient (Wildman–Crippen LogP) is 5.95. The number of hydrogen-bond donors (Lipinski definition) is 1. The molecule has 0 unspecified atom stereocenters. The summed E-state index contributed by atoms with van der Waals surface area (Å²) >= 11 is 0. The van der Waals surface area contributed by atoms with Gasteiger partial charge >= 0.3 is 0 Å². The van der Waals surface area contributed by atoms with Gasteiger partial charge in [0.25, 0.3) is 0 Å². The quantitative estimate of drug-likeness (QED) is 0.417. The molecule has 0 saturated heterocycles. The van der Waals surface area contributed by atoms with Gasteiger partial charge < -0.3 is 9.84 Å². The summed E-state index contributed by atoms with van der Waals surface area (Å²) in [6.45, 7) is 4.95. The lowest BCUT2D eigenvalue weighted by Gasteiger charge is -2.09. The van der Waals surface area contributed by atoms with E-state index in [0.717, 1.165) is 23.0 Å². The van der Waals surface area contributed by atoms with Crippen LogP contribution in [0.25, 0.3) is 16.7 Å². The van der Waals surface area contributed by atoms with Crippen LogP contribution in [0.5, 0.6) is 11.5 Å². The van der Waals surface area contributed by atoms with Crippen LogP contribution in [0.15, 0.2) is 36.4 Å². The average Bonchev–Trinajstić information content (AvgIpc) is 3.09. The van der Waals surface area contributed by atoms with E-state index in [-0.39, 0.29) is 5.75 Å². The topological polar surface area (TPSA) is 60.2 Å². The summed E-state index contributed by atoms with van der Waals surface area (Å²) in [5, 5.41) is 19.3. The Morgan fingerprint density at radius 3 is 2.32 bits per heavy atom. The van der Waals surface area contributed by atoms with E-state index in [4.69, 9.17) is 4.74 Å². The first kappa shape index (κ1) is 20.2. The highest BCUT2D eigenvalue weighted by Crippen LogP contribution is 2.27. The molecule has 0 atom stereocenters. The molecule has 0 aliphatic rings. The minimum atomic E-state index is 0.116. The van der Waals surface area contributed by atoms with E-state index in [0.29, 0.717) is 18.0 Å². The van der Waals surface area contributed by atoms with Crippen LogP contribution >= 0.6 is 0 Å². The number of aromatic nitrogens is 3. The number of hydrogen-bond acceptors (Lipinski definition) is 4. The van der Waals surface area contributed by atoms with Gasteiger partial charge in [-0.3, -0.25) is 0 Å². The Hall–Kier alpha value is -2.56. The largest absolute Gasteiger partial charge is 0.505 e. The number of fused-ring (bicyclic) bond motifs is 1. The molecule has 0 fully saturated rings. The van der Waals surface area contributed by atoms with Crippen LogP contribution in [0.2, 0.25) is 0 Å². The summed E-state index contributed by atoms with van der Waals surface area (Å²) in [4.78, 5) is 1.47. The third-order valence-electron chi connectivity index (χ3n) is 4.96. The fourth-order valence-corrected chi connectivity index (χ4v) is 3.32. The van der Waals surface area contributed by atoms with Crippen LogP contribution < -0.4 is 4.74 Å². The van der Waals surface area contributed by atoms with Gasteiger partial charge in [0.05, 0.1) is 6.61 Å². The van der Waals surface area contributed by atoms with E-state index in [9.17, 15) is 5.11 Å². The van der Waals surface area contributed by atoms with Crippen LogP contribution in [-0.2, 0) is 0 Å². The Kier molecular flexibility index (Phi) is 7.29. The van der Waals surface area contributed by atoms with Gasteiger partial charge in [-0.15, -0.1) is 15.0 Å². The van der Waals surface area contributed by atoms with Crippen LogP contribution in [0.4, 0.5) is 0 Å². The smallest absolute Gasteiger partial charge is 0.146 e. The highest BCUT2D eigenvalue weighted by Gasteiger charge is 2.10. The number of ether oxygens (including phenoxy) is 1. The number of rotatable bonds is 11. The summed E-state index contributed by atoms with van der Waals surface area (Å²) in [7, 11) is 0. The molecule has 2 aromatic carbocycles. The summed E-state index contributed by atoms with van der Waals surface area (Å²) in [6, 6.07) is 11.2. The Morgan fingerprint density at radius 1 is 0.857 bits per heavy atom. The summed E-state index contributed by atoms with van der Waals surface area (Å²) in [5.41, 5.74) is 3.30. The zero-order chi connectivity index (χ0) is 19.8. The summed E-state index contributed by atoms with van der Waals surface area (Å²) in [5.74, 6) is 0.794. The van der Waals surface area contributed by atoms with Crippen LogP contribution in [0.1, 0.15) is 63.9 Å². The Balaban J connectivity index is 1.48. The average molecular weight is 382 g/mol. The van der Waals surface area contributed by atoms with E-state index < -0.39 is 0 Å². The molecule has 5 nitrogen and oxygen atoms in total. The molecule has 0 radical (unpaired) electrons. The molecule has 150 valence electrons. The molecule has 1 aromatic heterocycles. The van der Waals surface area contributed by atoms with Gasteiger partial charge in [-0.25, -0.2) is 0 Å². The third-order valence-corrected chi connectivity index (χ3v) is 4.96. The molecule has 1 N–H and O–H groups in total. The van der Waals surface area contributed by atoms with Gasteiger partial charge in [-0.2, -0.15) is 0 Å². The van der Waals surface area contributed by atoms with Crippen molar-refractivity contribution in [2.75, 3.05) is 6.61 Å². The van der Waals surface area contributed by atoms with Crippen molar-refractivity contribution in [3.63, 3.8) is 0 Å². The fourth-order valence-electron chi connectivity index (χ4n) is 3.32. The molecule has 0 aliphatic heterocycles. The van der Waals surface area contributed by atoms with Gasteiger partial charge in [0, 0.05) is 6.07 Å². The van der Waals surface area contributed by atoms with Crippen LogP contribution in [0.3, 0.4) is 0 Å². The predicted molar refractivity (Wildman–Crippen MR) is 113 cm³/mol. The van der Waals surface area contributed by atoms with Crippen molar-refractivity contribution in [3.05, 3.63) is 42.0 Å². The van der Waals surface area contributed by atoms with Crippen molar-refractivity contribution in [1.82, 2.24) is 15.0 Å². The lowest BCUT2D eigenvalue weighted by atomic mass is 10.1. The van der Waals surface area contributed by atoms with Crippen molar-refractivity contribution in [2.24, 2.45) is 0 Å². The van der Waals surface area contributed by atoms with Gasteiger partial charge in [0.15, 0.2) is 0 Å². The van der Waals surface area contributed by atoms with Gasteiger partial charge in [0.1, 0.15) is 28.2 Å². The number of phenolic OH excluding ortho intramolecular Hbond substituents is 1. The SMILES string of the molecule is CCCCCCCCCCOc1ccc(-n2nc3ccc(C)cc3n2)c(O)c1. The van der Waals surface area contributed by atoms with E-state index in [2.05, 4.69) is 17.1 Å². The van der Waals surface area contributed by atoms with Crippen molar-refractivity contribution in [2.45, 2.75) is 65.2 Å². The zero-order valence-electron chi connectivity index (χ0n) is 17.0. The number of phenols is 1. The van der Waals surface area contributed by atoms with Crippen LogP contribution in [0, 0.1) is 6.92 Å². The van der Waals surface area contributed by atoms with Crippen LogP contribution in [-0.4, -0.2) is 26.7 Å².